The highest BCUT2D eigenvalue weighted by Gasteiger charge is 2.26. The van der Waals surface area contributed by atoms with Crippen molar-refractivity contribution in [3.8, 4) is 5.75 Å². The summed E-state index contributed by atoms with van der Waals surface area (Å²) in [6, 6.07) is 6.53. The summed E-state index contributed by atoms with van der Waals surface area (Å²) in [4.78, 5) is 36.6. The number of carbonyl (C=O) groups is 3. The summed E-state index contributed by atoms with van der Waals surface area (Å²) in [5, 5.41) is 3.12. The van der Waals surface area contributed by atoms with Crippen LogP contribution >= 0.6 is 35.6 Å². The van der Waals surface area contributed by atoms with Crippen LogP contribution < -0.4 is 10.1 Å². The number of carbonyl (C=O) groups excluding carboxylic acids is 3. The quantitative estimate of drug-likeness (QED) is 0.509. The molecule has 0 saturated carbocycles. The van der Waals surface area contributed by atoms with Crippen LogP contribution in [0.3, 0.4) is 0 Å². The minimum atomic E-state index is -0.874. The first-order valence-electron chi connectivity index (χ1n) is 7.69. The third-order valence-corrected chi connectivity index (χ3v) is 4.99. The van der Waals surface area contributed by atoms with Gasteiger partial charge < -0.3 is 14.8 Å². The number of esters is 1. The number of halogens is 1. The molecule has 0 spiro atoms. The van der Waals surface area contributed by atoms with Gasteiger partial charge in [-0.05, 0) is 31.2 Å². The summed E-state index contributed by atoms with van der Waals surface area (Å²) >= 11 is 12.1. The highest BCUT2D eigenvalue weighted by molar-refractivity contribution is 8.23. The van der Waals surface area contributed by atoms with Crippen LogP contribution in [0, 0.1) is 0 Å². The first-order chi connectivity index (χ1) is 12.4. The molecule has 1 aliphatic rings. The van der Waals surface area contributed by atoms with Crippen molar-refractivity contribution in [2.24, 2.45) is 0 Å². The van der Waals surface area contributed by atoms with Crippen LogP contribution in [0.25, 0.3) is 0 Å². The van der Waals surface area contributed by atoms with E-state index in [0.29, 0.717) is 27.4 Å². The molecule has 2 amide bonds. The van der Waals surface area contributed by atoms with Crippen LogP contribution in [-0.2, 0) is 19.1 Å². The second-order valence-corrected chi connectivity index (χ2v) is 7.32. The molecule has 1 aromatic carbocycles. The fourth-order valence-corrected chi connectivity index (χ4v) is 3.22. The number of nitrogens with one attached hydrogen (secondary N) is 1. The molecule has 7 nitrogen and oxygen atoms in total. The summed E-state index contributed by atoms with van der Waals surface area (Å²) in [6.45, 7) is 1.60. The Morgan fingerprint density at radius 3 is 2.69 bits per heavy atom. The van der Waals surface area contributed by atoms with Crippen LogP contribution in [0.5, 0.6) is 5.75 Å². The Balaban J connectivity index is 1.66. The lowest BCUT2D eigenvalue weighted by molar-refractivity contribution is -0.154. The lowest BCUT2D eigenvalue weighted by atomic mass is 10.3. The number of nitrogens with zero attached hydrogens (tertiary/aromatic N) is 1. The van der Waals surface area contributed by atoms with Gasteiger partial charge in [-0.1, -0.05) is 35.6 Å². The second-order valence-electron chi connectivity index (χ2n) is 5.27. The van der Waals surface area contributed by atoms with E-state index in [1.54, 1.807) is 24.3 Å². The largest absolute Gasteiger partial charge is 0.479 e. The van der Waals surface area contributed by atoms with Crippen LogP contribution in [-0.4, -0.2) is 58.6 Å². The van der Waals surface area contributed by atoms with Gasteiger partial charge in [-0.2, -0.15) is 0 Å². The number of rotatable bonds is 8. The van der Waals surface area contributed by atoms with E-state index >= 15 is 0 Å². The van der Waals surface area contributed by atoms with E-state index in [4.69, 9.17) is 33.3 Å². The van der Waals surface area contributed by atoms with E-state index in [9.17, 15) is 14.4 Å². The molecule has 1 aliphatic heterocycles. The van der Waals surface area contributed by atoms with Crippen LogP contribution in [0.1, 0.15) is 6.92 Å². The standard InChI is InChI=1S/C16H17ClN2O5S2/c1-10(24-12-4-2-11(17)3-5-12)15(22)23-8-13(20)18-6-7-19-14(21)9-26-16(19)25/h2-5,10H,6-9H2,1H3,(H,18,20)/t10-/m0/s1. The lowest BCUT2D eigenvalue weighted by Gasteiger charge is -2.16. The van der Waals surface area contributed by atoms with Gasteiger partial charge in [0.05, 0.1) is 5.75 Å². The number of amides is 2. The fourth-order valence-electron chi connectivity index (χ4n) is 1.97. The average Bonchev–Trinajstić information content (AvgIpc) is 2.93. The summed E-state index contributed by atoms with van der Waals surface area (Å²) in [7, 11) is 0. The van der Waals surface area contributed by atoms with Crippen molar-refractivity contribution in [2.45, 2.75) is 13.0 Å². The maximum Gasteiger partial charge on any atom is 0.347 e. The third kappa shape index (κ3) is 6.15. The zero-order valence-electron chi connectivity index (χ0n) is 13.9. The molecule has 0 bridgehead atoms. The van der Waals surface area contributed by atoms with Gasteiger partial charge in [0, 0.05) is 18.1 Å². The Morgan fingerprint density at radius 2 is 2.08 bits per heavy atom. The van der Waals surface area contributed by atoms with E-state index in [2.05, 4.69) is 5.32 Å². The summed E-state index contributed by atoms with van der Waals surface area (Å²) in [6.07, 6.45) is -0.874. The van der Waals surface area contributed by atoms with E-state index in [-0.39, 0.29) is 12.5 Å². The molecular weight excluding hydrogens is 400 g/mol. The molecule has 0 aromatic heterocycles. The van der Waals surface area contributed by atoms with Crippen molar-refractivity contribution >= 4 is 57.7 Å². The van der Waals surface area contributed by atoms with E-state index in [1.165, 1.54) is 23.6 Å². The number of ether oxygens (including phenoxy) is 2. The van der Waals surface area contributed by atoms with Gasteiger partial charge in [0.2, 0.25) is 5.91 Å². The Hall–Kier alpha value is -1.84. The van der Waals surface area contributed by atoms with Gasteiger partial charge in [-0.3, -0.25) is 14.5 Å². The molecule has 0 radical (unpaired) electrons. The van der Waals surface area contributed by atoms with Gasteiger partial charge in [0.15, 0.2) is 12.7 Å². The SMILES string of the molecule is C[C@H](Oc1ccc(Cl)cc1)C(=O)OCC(=O)NCCN1C(=O)CSC1=S. The highest BCUT2D eigenvalue weighted by atomic mass is 35.5. The van der Waals surface area contributed by atoms with E-state index < -0.39 is 24.6 Å². The first-order valence-corrected chi connectivity index (χ1v) is 9.46. The van der Waals surface area contributed by atoms with Gasteiger partial charge >= 0.3 is 5.97 Å². The van der Waals surface area contributed by atoms with Gasteiger partial charge in [-0.25, -0.2) is 4.79 Å². The van der Waals surface area contributed by atoms with E-state index in [1.807, 2.05) is 0 Å². The van der Waals surface area contributed by atoms with Crippen LogP contribution in [0.2, 0.25) is 5.02 Å². The monoisotopic (exact) mass is 416 g/mol. The zero-order chi connectivity index (χ0) is 19.1. The summed E-state index contributed by atoms with van der Waals surface area (Å²) < 4.78 is 10.8. The van der Waals surface area contributed by atoms with Crippen molar-refractivity contribution in [2.75, 3.05) is 25.4 Å². The number of thiocarbonyl (C=S) groups is 1. The number of hydrogen-bond donors (Lipinski definition) is 1. The van der Waals surface area contributed by atoms with Crippen molar-refractivity contribution in [1.29, 1.82) is 0 Å². The van der Waals surface area contributed by atoms with Crippen molar-refractivity contribution < 1.29 is 23.9 Å². The summed E-state index contributed by atoms with van der Waals surface area (Å²) in [5.74, 6) is -0.415. The molecule has 2 rings (SSSR count). The number of hydrogen-bond acceptors (Lipinski definition) is 7. The molecule has 1 atom stereocenters. The minimum Gasteiger partial charge on any atom is -0.479 e. The zero-order valence-corrected chi connectivity index (χ0v) is 16.3. The maximum atomic E-state index is 11.9. The molecule has 0 unspecified atom stereocenters. The van der Waals surface area contributed by atoms with Crippen LogP contribution in [0.4, 0.5) is 0 Å². The smallest absolute Gasteiger partial charge is 0.347 e. The molecule has 1 aromatic rings. The molecule has 1 heterocycles. The normalized spacial score (nSPS) is 14.9. The van der Waals surface area contributed by atoms with E-state index in [0.717, 1.165) is 0 Å². The van der Waals surface area contributed by atoms with Crippen LogP contribution in [0.15, 0.2) is 24.3 Å². The number of thioether (sulfide) groups is 1. The van der Waals surface area contributed by atoms with Gasteiger partial charge in [-0.15, -0.1) is 0 Å². The Labute approximate surface area is 165 Å². The number of benzene rings is 1. The Morgan fingerprint density at radius 1 is 1.38 bits per heavy atom. The predicted octanol–water partition coefficient (Wildman–Crippen LogP) is 1.63. The average molecular weight is 417 g/mol. The summed E-state index contributed by atoms with van der Waals surface area (Å²) in [5.41, 5.74) is 0. The topological polar surface area (TPSA) is 84.9 Å². The molecule has 26 heavy (non-hydrogen) atoms. The minimum absolute atomic E-state index is 0.0751. The molecule has 140 valence electrons. The Kier molecular flexibility index (Phi) is 7.67. The third-order valence-electron chi connectivity index (χ3n) is 3.30. The van der Waals surface area contributed by atoms with Crippen molar-refractivity contribution in [3.63, 3.8) is 0 Å². The molecule has 10 heteroatoms. The predicted molar refractivity (Wildman–Crippen MR) is 102 cm³/mol. The Bertz CT molecular complexity index is 682. The molecule has 1 fully saturated rings. The fraction of sp³-hybridized carbons (Fsp3) is 0.375. The molecular formula is C16H17ClN2O5S2. The van der Waals surface area contributed by atoms with Gasteiger partial charge in [0.25, 0.3) is 5.91 Å². The lowest BCUT2D eigenvalue weighted by Crippen LogP contribution is -2.39. The molecule has 0 aliphatic carbocycles. The van der Waals surface area contributed by atoms with Gasteiger partial charge in [0.1, 0.15) is 10.1 Å². The highest BCUT2D eigenvalue weighted by Crippen LogP contribution is 2.18. The molecule has 1 N–H and O–H groups in total. The maximum absolute atomic E-state index is 11.9. The first kappa shape index (κ1) is 20.5. The molecule has 1 saturated heterocycles. The van der Waals surface area contributed by atoms with Crippen molar-refractivity contribution in [3.05, 3.63) is 29.3 Å². The second kappa shape index (κ2) is 9.75. The van der Waals surface area contributed by atoms with Crippen molar-refractivity contribution in [1.82, 2.24) is 10.2 Å².